The summed E-state index contributed by atoms with van der Waals surface area (Å²) in [5.41, 5.74) is -0.628. The summed E-state index contributed by atoms with van der Waals surface area (Å²) in [6.07, 6.45) is 1.12. The number of aromatic nitrogens is 6. The van der Waals surface area contributed by atoms with Crippen LogP contribution in [-0.2, 0) is 15.8 Å². The van der Waals surface area contributed by atoms with Gasteiger partial charge in [-0.2, -0.15) is 4.98 Å². The zero-order valence-electron chi connectivity index (χ0n) is 26.4. The van der Waals surface area contributed by atoms with Gasteiger partial charge in [-0.3, -0.25) is 0 Å². The Morgan fingerprint density at radius 2 is 1.71 bits per heavy atom. The van der Waals surface area contributed by atoms with E-state index in [0.717, 1.165) is 27.1 Å². The molecule has 0 aliphatic carbocycles. The van der Waals surface area contributed by atoms with E-state index in [-0.39, 0.29) is 34.4 Å². The highest BCUT2D eigenvalue weighted by atomic mass is 32.2. The standard InChI is InChI=1S/C34H30F2N8O4S/c1-21-18-41(2)14-15-42(21)32-25-17-27(36)30(29-26(35)12-7-13-28(29)45)38-33(25)44(34(46)39-32)24-11-6-8-22(16-24)19-49(47,48)43-20-37-31(40-43)23-9-4-3-5-10-23/h3-13,16-17,20-21,45H,14-15,18-19H2,1-2H3/t21-/m1/s1. The lowest BCUT2D eigenvalue weighted by Gasteiger charge is -2.39. The second-order valence-electron chi connectivity index (χ2n) is 11.9. The van der Waals surface area contributed by atoms with Crippen LogP contribution in [0.5, 0.6) is 5.75 Å². The monoisotopic (exact) mass is 684 g/mol. The first-order valence-electron chi connectivity index (χ1n) is 15.4. The van der Waals surface area contributed by atoms with Crippen molar-refractivity contribution >= 4 is 26.9 Å². The van der Waals surface area contributed by atoms with Crippen molar-refractivity contribution in [2.75, 3.05) is 31.6 Å². The van der Waals surface area contributed by atoms with Crippen molar-refractivity contribution in [1.29, 1.82) is 0 Å². The van der Waals surface area contributed by atoms with Gasteiger partial charge in [0.15, 0.2) is 17.3 Å². The molecule has 49 heavy (non-hydrogen) atoms. The quantitative estimate of drug-likeness (QED) is 0.260. The Bertz CT molecular complexity index is 2360. The minimum Gasteiger partial charge on any atom is -0.507 e. The summed E-state index contributed by atoms with van der Waals surface area (Å²) in [6, 6.07) is 19.7. The van der Waals surface area contributed by atoms with Crippen LogP contribution in [0.1, 0.15) is 12.5 Å². The first kappa shape index (κ1) is 32.0. The maximum atomic E-state index is 15.9. The summed E-state index contributed by atoms with van der Waals surface area (Å²) in [4.78, 5) is 30.9. The number of hydrogen-bond donors (Lipinski definition) is 1. The van der Waals surface area contributed by atoms with Crippen LogP contribution in [0.2, 0.25) is 0 Å². The van der Waals surface area contributed by atoms with Gasteiger partial charge in [-0.1, -0.05) is 48.5 Å². The molecule has 0 bridgehead atoms. The van der Waals surface area contributed by atoms with Crippen molar-refractivity contribution in [3.05, 3.63) is 113 Å². The van der Waals surface area contributed by atoms with Gasteiger partial charge in [-0.25, -0.2) is 36.5 Å². The number of rotatable bonds is 7. The number of phenols is 1. The van der Waals surface area contributed by atoms with E-state index in [2.05, 4.69) is 25.0 Å². The number of phenolic OH excluding ortho intramolecular Hbond substituents is 1. The molecule has 7 rings (SSSR count). The van der Waals surface area contributed by atoms with E-state index in [4.69, 9.17) is 0 Å². The normalized spacial score (nSPS) is 15.6. The molecule has 250 valence electrons. The second-order valence-corrected chi connectivity index (χ2v) is 13.7. The van der Waals surface area contributed by atoms with Gasteiger partial charge >= 0.3 is 5.69 Å². The number of nitrogens with zero attached hydrogens (tertiary/aromatic N) is 8. The maximum absolute atomic E-state index is 15.9. The van der Waals surface area contributed by atoms with Gasteiger partial charge in [-0.05, 0) is 49.9 Å². The van der Waals surface area contributed by atoms with Gasteiger partial charge in [0.2, 0.25) is 0 Å². The molecule has 0 unspecified atom stereocenters. The fourth-order valence-electron chi connectivity index (χ4n) is 6.10. The molecule has 0 spiro atoms. The number of piperazine rings is 1. The highest BCUT2D eigenvalue weighted by Gasteiger charge is 2.28. The summed E-state index contributed by atoms with van der Waals surface area (Å²) in [5.74, 6) is -2.40. The van der Waals surface area contributed by atoms with Crippen LogP contribution in [0.4, 0.5) is 14.6 Å². The fourth-order valence-corrected chi connectivity index (χ4v) is 7.22. The molecule has 0 amide bonds. The van der Waals surface area contributed by atoms with E-state index >= 15 is 4.39 Å². The van der Waals surface area contributed by atoms with E-state index in [9.17, 15) is 22.7 Å². The van der Waals surface area contributed by atoms with E-state index in [1.54, 1.807) is 42.5 Å². The van der Waals surface area contributed by atoms with Crippen LogP contribution in [0.15, 0.2) is 90.0 Å². The van der Waals surface area contributed by atoms with Crippen LogP contribution in [0, 0.1) is 11.6 Å². The molecule has 1 atom stereocenters. The average molecular weight is 685 g/mol. The van der Waals surface area contributed by atoms with Crippen molar-refractivity contribution in [1.82, 2.24) is 33.6 Å². The third kappa shape index (κ3) is 6.02. The molecule has 0 radical (unpaired) electrons. The molecule has 15 heteroatoms. The molecule has 6 aromatic rings. The van der Waals surface area contributed by atoms with Crippen LogP contribution in [-0.4, -0.2) is 79.9 Å². The number of aromatic hydroxyl groups is 1. The van der Waals surface area contributed by atoms with Gasteiger partial charge in [0.1, 0.15) is 29.4 Å². The Balaban J connectivity index is 1.36. The first-order chi connectivity index (χ1) is 23.5. The van der Waals surface area contributed by atoms with E-state index in [1.807, 2.05) is 24.9 Å². The van der Waals surface area contributed by atoms with Gasteiger partial charge in [0, 0.05) is 31.2 Å². The molecule has 1 saturated heterocycles. The lowest BCUT2D eigenvalue weighted by molar-refractivity contribution is 0.275. The fraction of sp³-hybridized carbons (Fsp3) is 0.206. The molecule has 1 aliphatic heterocycles. The molecule has 3 aromatic heterocycles. The Labute approximate surface area is 279 Å². The Morgan fingerprint density at radius 1 is 0.939 bits per heavy atom. The SMILES string of the molecule is C[C@@H]1CN(C)CCN1c1nc(=O)n(-c2cccc(CS(=O)(=O)n3cnc(-c4ccccc4)n3)c2)c2nc(-c3c(O)cccc3F)c(F)cc12. The Hall–Kier alpha value is -5.54. The predicted molar refractivity (Wildman–Crippen MR) is 180 cm³/mol. The molecular formula is C34H30F2N8O4S. The van der Waals surface area contributed by atoms with Crippen LogP contribution >= 0.6 is 0 Å². The molecule has 12 nitrogen and oxygen atoms in total. The van der Waals surface area contributed by atoms with Crippen molar-refractivity contribution in [3.8, 4) is 34.1 Å². The summed E-state index contributed by atoms with van der Waals surface area (Å²) >= 11 is 0. The van der Waals surface area contributed by atoms with Gasteiger partial charge < -0.3 is 14.9 Å². The lowest BCUT2D eigenvalue weighted by atomic mass is 10.1. The third-order valence-corrected chi connectivity index (χ3v) is 9.88. The van der Waals surface area contributed by atoms with Crippen molar-refractivity contribution in [2.45, 2.75) is 18.7 Å². The smallest absolute Gasteiger partial charge is 0.355 e. The minimum atomic E-state index is -4.05. The Morgan fingerprint density at radius 3 is 2.47 bits per heavy atom. The zero-order valence-corrected chi connectivity index (χ0v) is 27.2. The third-order valence-electron chi connectivity index (χ3n) is 8.44. The van der Waals surface area contributed by atoms with Crippen LogP contribution in [0.3, 0.4) is 0 Å². The highest BCUT2D eigenvalue weighted by Crippen LogP contribution is 2.36. The number of likely N-dealkylation sites (N-methyl/N-ethyl adjacent to an activating group) is 1. The second kappa shape index (κ2) is 12.5. The first-order valence-corrected chi connectivity index (χ1v) is 17.0. The summed E-state index contributed by atoms with van der Waals surface area (Å²) in [7, 11) is -2.07. The summed E-state index contributed by atoms with van der Waals surface area (Å²) in [5, 5.41) is 14.8. The number of anilines is 1. The number of benzene rings is 3. The molecule has 3 aromatic carbocycles. The summed E-state index contributed by atoms with van der Waals surface area (Å²) in [6.45, 7) is 3.80. The molecule has 1 aliphatic rings. The van der Waals surface area contributed by atoms with Gasteiger partial charge in [-0.15, -0.1) is 9.19 Å². The zero-order chi connectivity index (χ0) is 34.4. The number of fused-ring (bicyclic) bond motifs is 1. The lowest BCUT2D eigenvalue weighted by Crippen LogP contribution is -2.51. The van der Waals surface area contributed by atoms with E-state index < -0.39 is 50.1 Å². The molecule has 4 heterocycles. The number of halogens is 2. The van der Waals surface area contributed by atoms with Crippen molar-refractivity contribution in [3.63, 3.8) is 0 Å². The maximum Gasteiger partial charge on any atom is 0.355 e. The number of hydrogen-bond acceptors (Lipinski definition) is 10. The van der Waals surface area contributed by atoms with E-state index in [1.165, 1.54) is 18.2 Å². The van der Waals surface area contributed by atoms with Crippen LogP contribution < -0.4 is 10.6 Å². The molecule has 1 N–H and O–H groups in total. The molecule has 1 fully saturated rings. The largest absolute Gasteiger partial charge is 0.507 e. The van der Waals surface area contributed by atoms with Crippen molar-refractivity contribution in [2.24, 2.45) is 0 Å². The average Bonchev–Trinajstić information content (AvgIpc) is 3.57. The van der Waals surface area contributed by atoms with Gasteiger partial charge in [0.05, 0.1) is 22.4 Å². The highest BCUT2D eigenvalue weighted by molar-refractivity contribution is 7.89. The predicted octanol–water partition coefficient (Wildman–Crippen LogP) is 4.21. The van der Waals surface area contributed by atoms with Crippen molar-refractivity contribution < 1.29 is 22.3 Å². The molecular weight excluding hydrogens is 654 g/mol. The van der Waals surface area contributed by atoms with E-state index in [0.29, 0.717) is 30.8 Å². The van der Waals surface area contributed by atoms with Crippen LogP contribution in [0.25, 0.3) is 39.4 Å². The number of pyridine rings is 1. The topological polar surface area (TPSA) is 139 Å². The van der Waals surface area contributed by atoms with Gasteiger partial charge in [0.25, 0.3) is 10.0 Å². The Kier molecular flexibility index (Phi) is 8.16. The minimum absolute atomic E-state index is 0.0519. The summed E-state index contributed by atoms with van der Waals surface area (Å²) < 4.78 is 59.6. The molecule has 0 saturated carbocycles.